The van der Waals surface area contributed by atoms with Gasteiger partial charge in [0.15, 0.2) is 0 Å². The quantitative estimate of drug-likeness (QED) is 0.750. The molecule has 0 heterocycles. The predicted molar refractivity (Wildman–Crippen MR) is 56.7 cm³/mol. The lowest BCUT2D eigenvalue weighted by Gasteiger charge is -2.09. The fraction of sp³-hybridized carbons (Fsp3) is 0.333. The molecule has 1 N–H and O–H groups in total. The van der Waals surface area contributed by atoms with E-state index in [9.17, 15) is 0 Å². The van der Waals surface area contributed by atoms with Crippen molar-refractivity contribution in [3.63, 3.8) is 0 Å². The number of hydrogen-bond donors (Lipinski definition) is 1. The van der Waals surface area contributed by atoms with Crippen molar-refractivity contribution < 1.29 is 5.11 Å². The second-order valence-electron chi connectivity index (χ2n) is 3.49. The molecule has 0 fully saturated rings. The fourth-order valence-electron chi connectivity index (χ4n) is 1.22. The number of aliphatic hydroxyl groups excluding tert-OH is 1. The summed E-state index contributed by atoms with van der Waals surface area (Å²) in [5.41, 5.74) is 3.38. The number of rotatable bonds is 3. The summed E-state index contributed by atoms with van der Waals surface area (Å²) in [6.07, 6.45) is 0. The van der Waals surface area contributed by atoms with Crippen LogP contribution in [0.3, 0.4) is 0 Å². The first-order valence-electron chi connectivity index (χ1n) is 4.52. The van der Waals surface area contributed by atoms with E-state index in [0.29, 0.717) is 0 Å². The summed E-state index contributed by atoms with van der Waals surface area (Å²) in [5.74, 6) is 0.208. The van der Waals surface area contributed by atoms with Gasteiger partial charge in [-0.1, -0.05) is 43.3 Å². The zero-order valence-electron chi connectivity index (χ0n) is 8.25. The van der Waals surface area contributed by atoms with Gasteiger partial charge >= 0.3 is 0 Å². The molecule has 1 nitrogen and oxygen atoms in total. The highest BCUT2D eigenvalue weighted by molar-refractivity contribution is 5.61. The van der Waals surface area contributed by atoms with E-state index < -0.39 is 0 Å². The van der Waals surface area contributed by atoms with Crippen molar-refractivity contribution in [2.45, 2.75) is 19.8 Å². The van der Waals surface area contributed by atoms with Crippen LogP contribution in [0.25, 0.3) is 5.57 Å². The Morgan fingerprint density at radius 2 is 2.23 bits per heavy atom. The lowest BCUT2D eigenvalue weighted by molar-refractivity contribution is 0.273. The normalized spacial score (nSPS) is 12.5. The second kappa shape index (κ2) is 4.24. The minimum absolute atomic E-state index is 0.194. The van der Waals surface area contributed by atoms with Gasteiger partial charge in [-0.25, -0.2) is 0 Å². The molecule has 1 aromatic rings. The van der Waals surface area contributed by atoms with Crippen molar-refractivity contribution in [1.29, 1.82) is 0 Å². The van der Waals surface area contributed by atoms with Crippen LogP contribution < -0.4 is 0 Å². The molecule has 1 aromatic carbocycles. The van der Waals surface area contributed by atoms with Crippen LogP contribution in [0.2, 0.25) is 0 Å². The molecule has 1 unspecified atom stereocenters. The van der Waals surface area contributed by atoms with Crippen molar-refractivity contribution in [3.8, 4) is 0 Å². The number of allylic oxidation sites excluding steroid dienone is 1. The maximum absolute atomic E-state index is 9.00. The molecule has 70 valence electrons. The monoisotopic (exact) mass is 176 g/mol. The minimum atomic E-state index is 0.194. The Morgan fingerprint density at radius 1 is 1.54 bits per heavy atom. The van der Waals surface area contributed by atoms with E-state index in [4.69, 9.17) is 5.11 Å². The smallest absolute Gasteiger partial charge is 0.0497 e. The van der Waals surface area contributed by atoms with Gasteiger partial charge in [-0.15, -0.1) is 0 Å². The lowest BCUT2D eigenvalue weighted by Crippen LogP contribution is -1.98. The van der Waals surface area contributed by atoms with E-state index in [1.54, 1.807) is 0 Å². The molecule has 0 aliphatic heterocycles. The molecule has 13 heavy (non-hydrogen) atoms. The van der Waals surface area contributed by atoms with E-state index in [2.05, 4.69) is 12.6 Å². The molecule has 0 amide bonds. The Balaban J connectivity index is 2.98. The van der Waals surface area contributed by atoms with Crippen molar-refractivity contribution in [1.82, 2.24) is 0 Å². The van der Waals surface area contributed by atoms with Gasteiger partial charge in [-0.05, 0) is 18.1 Å². The molecule has 1 atom stereocenters. The molecule has 0 aliphatic carbocycles. The SMILES string of the molecule is C=C(C)c1cccc(C(C)CO)c1. The topological polar surface area (TPSA) is 20.2 Å². The fourth-order valence-corrected chi connectivity index (χ4v) is 1.22. The molecule has 0 radical (unpaired) electrons. The van der Waals surface area contributed by atoms with E-state index >= 15 is 0 Å². The van der Waals surface area contributed by atoms with Crippen LogP contribution in [0.5, 0.6) is 0 Å². The Kier molecular flexibility index (Phi) is 3.26. The average molecular weight is 176 g/mol. The summed E-state index contributed by atoms with van der Waals surface area (Å²) >= 11 is 0. The van der Waals surface area contributed by atoms with Gasteiger partial charge in [0.05, 0.1) is 0 Å². The van der Waals surface area contributed by atoms with E-state index in [1.165, 1.54) is 5.56 Å². The molecule has 1 heteroatoms. The molecule has 0 bridgehead atoms. The van der Waals surface area contributed by atoms with Gasteiger partial charge in [-0.2, -0.15) is 0 Å². The van der Waals surface area contributed by atoms with Gasteiger partial charge in [-0.3, -0.25) is 0 Å². The summed E-state index contributed by atoms with van der Waals surface area (Å²) in [6.45, 7) is 8.08. The van der Waals surface area contributed by atoms with Gasteiger partial charge in [0.25, 0.3) is 0 Å². The van der Waals surface area contributed by atoms with Crippen molar-refractivity contribution in [2.75, 3.05) is 6.61 Å². The summed E-state index contributed by atoms with van der Waals surface area (Å²) in [6, 6.07) is 8.16. The summed E-state index contributed by atoms with van der Waals surface area (Å²) in [7, 11) is 0. The molecule has 0 saturated carbocycles. The van der Waals surface area contributed by atoms with Gasteiger partial charge in [0.2, 0.25) is 0 Å². The summed E-state index contributed by atoms with van der Waals surface area (Å²) in [5, 5.41) is 9.00. The Hall–Kier alpha value is -1.08. The molecule has 0 spiro atoms. The van der Waals surface area contributed by atoms with E-state index in [-0.39, 0.29) is 12.5 Å². The van der Waals surface area contributed by atoms with Crippen LogP contribution in [0.1, 0.15) is 30.9 Å². The average Bonchev–Trinajstić information content (AvgIpc) is 2.17. The third-order valence-corrected chi connectivity index (χ3v) is 2.22. The molecule has 0 aromatic heterocycles. The molecular weight excluding hydrogens is 160 g/mol. The van der Waals surface area contributed by atoms with E-state index in [0.717, 1.165) is 11.1 Å². The molecule has 0 aliphatic rings. The standard InChI is InChI=1S/C12H16O/c1-9(2)11-5-4-6-12(7-11)10(3)8-13/h4-7,10,13H,1,8H2,2-3H3. The Bertz CT molecular complexity index is 302. The summed E-state index contributed by atoms with van der Waals surface area (Å²) < 4.78 is 0. The zero-order valence-corrected chi connectivity index (χ0v) is 8.25. The Morgan fingerprint density at radius 3 is 2.77 bits per heavy atom. The number of benzene rings is 1. The first-order chi connectivity index (χ1) is 6.15. The first-order valence-corrected chi connectivity index (χ1v) is 4.52. The van der Waals surface area contributed by atoms with Crippen LogP contribution in [-0.2, 0) is 0 Å². The van der Waals surface area contributed by atoms with Crippen molar-refractivity contribution in [3.05, 3.63) is 42.0 Å². The summed E-state index contributed by atoms with van der Waals surface area (Å²) in [4.78, 5) is 0. The van der Waals surface area contributed by atoms with Crippen LogP contribution in [0.4, 0.5) is 0 Å². The van der Waals surface area contributed by atoms with Gasteiger partial charge in [0, 0.05) is 12.5 Å². The van der Waals surface area contributed by atoms with Gasteiger partial charge < -0.3 is 5.11 Å². The third-order valence-electron chi connectivity index (χ3n) is 2.22. The first kappa shape index (κ1) is 10.0. The maximum Gasteiger partial charge on any atom is 0.0497 e. The maximum atomic E-state index is 9.00. The highest BCUT2D eigenvalue weighted by Crippen LogP contribution is 2.19. The molecule has 1 rings (SSSR count). The number of hydrogen-bond acceptors (Lipinski definition) is 1. The highest BCUT2D eigenvalue weighted by atomic mass is 16.3. The molecular formula is C12H16O. The molecule has 0 saturated heterocycles. The van der Waals surface area contributed by atoms with Crippen LogP contribution in [-0.4, -0.2) is 11.7 Å². The van der Waals surface area contributed by atoms with Crippen molar-refractivity contribution >= 4 is 5.57 Å². The highest BCUT2D eigenvalue weighted by Gasteiger charge is 2.03. The zero-order chi connectivity index (χ0) is 9.84. The minimum Gasteiger partial charge on any atom is -0.396 e. The van der Waals surface area contributed by atoms with Gasteiger partial charge in [0.1, 0.15) is 0 Å². The predicted octanol–water partition coefficient (Wildman–Crippen LogP) is 2.82. The number of aliphatic hydroxyl groups is 1. The lowest BCUT2D eigenvalue weighted by atomic mass is 9.98. The van der Waals surface area contributed by atoms with Crippen LogP contribution >= 0.6 is 0 Å². The van der Waals surface area contributed by atoms with Crippen molar-refractivity contribution in [2.24, 2.45) is 0 Å². The van der Waals surface area contributed by atoms with Crippen LogP contribution in [0, 0.1) is 0 Å². The van der Waals surface area contributed by atoms with E-state index in [1.807, 2.05) is 32.0 Å². The largest absolute Gasteiger partial charge is 0.396 e. The Labute approximate surface area is 79.7 Å². The second-order valence-corrected chi connectivity index (χ2v) is 3.49. The third kappa shape index (κ3) is 2.43. The van der Waals surface area contributed by atoms with Crippen LogP contribution in [0.15, 0.2) is 30.8 Å².